The zero-order valence-electron chi connectivity index (χ0n) is 9.12. The fourth-order valence-corrected chi connectivity index (χ4v) is 3.72. The summed E-state index contributed by atoms with van der Waals surface area (Å²) in [7, 11) is 0. The number of benzene rings is 1. The molecule has 1 N–H and O–H groups in total. The molecule has 17 heavy (non-hydrogen) atoms. The van der Waals surface area contributed by atoms with Gasteiger partial charge in [-0.3, -0.25) is 4.79 Å². The van der Waals surface area contributed by atoms with Gasteiger partial charge in [0.2, 0.25) is 0 Å². The van der Waals surface area contributed by atoms with Crippen LogP contribution in [0.1, 0.15) is 24.8 Å². The molecule has 3 aliphatic rings. The molecule has 3 fully saturated rings. The van der Waals surface area contributed by atoms with Gasteiger partial charge in [-0.2, -0.15) is 0 Å². The summed E-state index contributed by atoms with van der Waals surface area (Å²) < 4.78 is 26.6. The molecule has 3 saturated carbocycles. The molecule has 0 amide bonds. The van der Waals surface area contributed by atoms with E-state index in [1.807, 2.05) is 0 Å². The van der Waals surface area contributed by atoms with Gasteiger partial charge < -0.3 is 5.11 Å². The van der Waals surface area contributed by atoms with E-state index in [1.165, 1.54) is 12.1 Å². The van der Waals surface area contributed by atoms with Gasteiger partial charge in [-0.25, -0.2) is 8.78 Å². The minimum Gasteiger partial charge on any atom is -0.481 e. The third kappa shape index (κ3) is 1.27. The van der Waals surface area contributed by atoms with Crippen molar-refractivity contribution in [3.05, 3.63) is 35.4 Å². The van der Waals surface area contributed by atoms with Crippen molar-refractivity contribution in [2.45, 2.75) is 24.7 Å². The number of carbonyl (C=O) groups is 1. The second-order valence-corrected chi connectivity index (χ2v) is 5.10. The summed E-state index contributed by atoms with van der Waals surface area (Å²) in [6, 6.07) is 3.45. The summed E-state index contributed by atoms with van der Waals surface area (Å²) in [5.41, 5.74) is -0.214. The molecule has 4 rings (SSSR count). The molecule has 0 aromatic heterocycles. The molecule has 0 heterocycles. The highest BCUT2D eigenvalue weighted by atomic mass is 19.1. The molecule has 0 radical (unpaired) electrons. The average molecular weight is 238 g/mol. The number of fused-ring (bicyclic) bond motifs is 1. The van der Waals surface area contributed by atoms with Crippen molar-refractivity contribution in [3.63, 3.8) is 0 Å². The summed E-state index contributed by atoms with van der Waals surface area (Å²) in [5, 5.41) is 9.19. The van der Waals surface area contributed by atoms with Crippen molar-refractivity contribution in [3.8, 4) is 0 Å². The monoisotopic (exact) mass is 238 g/mol. The predicted octanol–water partition coefficient (Wildman–Crippen LogP) is 2.72. The van der Waals surface area contributed by atoms with Crippen molar-refractivity contribution >= 4 is 5.97 Å². The molecule has 0 spiro atoms. The maximum absolute atomic E-state index is 13.8. The Morgan fingerprint density at radius 2 is 2.18 bits per heavy atom. The Bertz CT molecular complexity index is 496. The van der Waals surface area contributed by atoms with Gasteiger partial charge in [0.15, 0.2) is 0 Å². The van der Waals surface area contributed by atoms with Crippen molar-refractivity contribution in [2.24, 2.45) is 11.8 Å². The number of hydrogen-bond acceptors (Lipinski definition) is 1. The first-order valence-corrected chi connectivity index (χ1v) is 5.73. The van der Waals surface area contributed by atoms with Gasteiger partial charge in [0.05, 0.1) is 5.92 Å². The number of aliphatic carboxylic acids is 1. The molecule has 3 unspecified atom stereocenters. The zero-order chi connectivity index (χ0) is 12.2. The molecule has 90 valence electrons. The van der Waals surface area contributed by atoms with Gasteiger partial charge in [0.1, 0.15) is 11.6 Å². The smallest absolute Gasteiger partial charge is 0.307 e. The Labute approximate surface area is 97.3 Å². The standard InChI is InChI=1S/C13H12F2O2/c14-8-1-2-9(10(15)5-8)13-4-3-7(6-13)11(13)12(16)17/h1-2,5,7,11H,3-4,6H2,(H,16,17). The first kappa shape index (κ1) is 10.7. The van der Waals surface area contributed by atoms with E-state index < -0.39 is 28.9 Å². The highest BCUT2D eigenvalue weighted by Crippen LogP contribution is 2.64. The van der Waals surface area contributed by atoms with Gasteiger partial charge in [-0.15, -0.1) is 0 Å². The Kier molecular flexibility index (Phi) is 2.06. The minimum atomic E-state index is -0.859. The Morgan fingerprint density at radius 3 is 2.76 bits per heavy atom. The van der Waals surface area contributed by atoms with E-state index >= 15 is 0 Å². The van der Waals surface area contributed by atoms with Crippen LogP contribution in [0.5, 0.6) is 0 Å². The summed E-state index contributed by atoms with van der Waals surface area (Å²) in [5.74, 6) is -2.43. The van der Waals surface area contributed by atoms with Crippen LogP contribution in [0.2, 0.25) is 0 Å². The second kappa shape index (κ2) is 3.28. The van der Waals surface area contributed by atoms with Crippen molar-refractivity contribution in [1.82, 2.24) is 0 Å². The first-order valence-electron chi connectivity index (χ1n) is 5.73. The SMILES string of the molecule is O=C(O)C1C2CCC1(c1ccc(F)cc1F)C2. The lowest BCUT2D eigenvalue weighted by molar-refractivity contribution is -0.150. The van der Waals surface area contributed by atoms with Crippen LogP contribution >= 0.6 is 0 Å². The highest BCUT2D eigenvalue weighted by molar-refractivity contribution is 5.75. The number of carboxylic acid groups (broad SMARTS) is 1. The number of rotatable bonds is 2. The van der Waals surface area contributed by atoms with Crippen LogP contribution < -0.4 is 0 Å². The van der Waals surface area contributed by atoms with E-state index in [1.54, 1.807) is 0 Å². The van der Waals surface area contributed by atoms with Crippen molar-refractivity contribution < 1.29 is 18.7 Å². The molecule has 0 aliphatic heterocycles. The van der Waals surface area contributed by atoms with Crippen LogP contribution in [0, 0.1) is 23.5 Å². The summed E-state index contributed by atoms with van der Waals surface area (Å²) in [6.45, 7) is 0. The Balaban J connectivity index is 2.06. The lowest BCUT2D eigenvalue weighted by Gasteiger charge is -2.45. The van der Waals surface area contributed by atoms with Gasteiger partial charge in [0.25, 0.3) is 0 Å². The molecule has 2 bridgehead atoms. The van der Waals surface area contributed by atoms with E-state index in [0.29, 0.717) is 18.4 Å². The third-order valence-electron chi connectivity index (χ3n) is 4.39. The Morgan fingerprint density at radius 1 is 1.41 bits per heavy atom. The van der Waals surface area contributed by atoms with Crippen LogP contribution in [0.3, 0.4) is 0 Å². The maximum Gasteiger partial charge on any atom is 0.307 e. The van der Waals surface area contributed by atoms with E-state index in [-0.39, 0.29) is 5.92 Å². The molecule has 4 heteroatoms. The molecular formula is C13H12F2O2. The summed E-state index contributed by atoms with van der Waals surface area (Å²) >= 11 is 0. The predicted molar refractivity (Wildman–Crippen MR) is 56.5 cm³/mol. The van der Waals surface area contributed by atoms with E-state index in [2.05, 4.69) is 0 Å². The number of hydrogen-bond donors (Lipinski definition) is 1. The van der Waals surface area contributed by atoms with Crippen LogP contribution in [0.4, 0.5) is 8.78 Å². The normalized spacial score (nSPS) is 34.5. The van der Waals surface area contributed by atoms with Crippen LogP contribution in [-0.4, -0.2) is 11.1 Å². The third-order valence-corrected chi connectivity index (χ3v) is 4.39. The summed E-state index contributed by atoms with van der Waals surface area (Å²) in [4.78, 5) is 11.2. The maximum atomic E-state index is 13.8. The fourth-order valence-electron chi connectivity index (χ4n) is 3.72. The first-order chi connectivity index (χ1) is 8.04. The topological polar surface area (TPSA) is 37.3 Å². The molecule has 3 aliphatic carbocycles. The molecule has 2 nitrogen and oxygen atoms in total. The van der Waals surface area contributed by atoms with Crippen LogP contribution in [0.25, 0.3) is 0 Å². The quantitative estimate of drug-likeness (QED) is 0.860. The van der Waals surface area contributed by atoms with E-state index in [4.69, 9.17) is 0 Å². The van der Waals surface area contributed by atoms with E-state index in [0.717, 1.165) is 12.5 Å². The van der Waals surface area contributed by atoms with Gasteiger partial charge >= 0.3 is 5.97 Å². The lowest BCUT2D eigenvalue weighted by Crippen LogP contribution is -2.48. The minimum absolute atomic E-state index is 0.164. The molecule has 3 atom stereocenters. The second-order valence-electron chi connectivity index (χ2n) is 5.10. The van der Waals surface area contributed by atoms with Crippen molar-refractivity contribution in [2.75, 3.05) is 0 Å². The summed E-state index contributed by atoms with van der Waals surface area (Å²) in [6.07, 6.45) is 2.23. The number of carboxylic acids is 1. The van der Waals surface area contributed by atoms with Crippen LogP contribution in [-0.2, 0) is 10.2 Å². The average Bonchev–Trinajstić information content (AvgIpc) is 2.74. The van der Waals surface area contributed by atoms with E-state index in [9.17, 15) is 18.7 Å². The molecule has 1 aromatic carbocycles. The fraction of sp³-hybridized carbons (Fsp3) is 0.462. The molecule has 1 aromatic rings. The molecular weight excluding hydrogens is 226 g/mol. The largest absolute Gasteiger partial charge is 0.481 e. The zero-order valence-corrected chi connectivity index (χ0v) is 9.12. The van der Waals surface area contributed by atoms with Gasteiger partial charge in [-0.05, 0) is 36.8 Å². The Hall–Kier alpha value is -1.45. The lowest BCUT2D eigenvalue weighted by atomic mass is 9.57. The van der Waals surface area contributed by atoms with Gasteiger partial charge in [-0.1, -0.05) is 6.07 Å². The van der Waals surface area contributed by atoms with Crippen molar-refractivity contribution in [1.29, 1.82) is 0 Å². The van der Waals surface area contributed by atoms with Crippen LogP contribution in [0.15, 0.2) is 18.2 Å². The molecule has 0 saturated heterocycles. The van der Waals surface area contributed by atoms with Gasteiger partial charge in [0, 0.05) is 11.5 Å². The number of halogens is 2. The highest BCUT2D eigenvalue weighted by Gasteiger charge is 2.63.